The van der Waals surface area contributed by atoms with Gasteiger partial charge in [0, 0.05) is 12.5 Å². The van der Waals surface area contributed by atoms with Crippen molar-refractivity contribution in [2.24, 2.45) is 4.99 Å². The van der Waals surface area contributed by atoms with Crippen molar-refractivity contribution in [2.45, 2.75) is 47.3 Å². The fourth-order valence-electron chi connectivity index (χ4n) is 4.01. The topological polar surface area (TPSA) is 175 Å². The Hall–Kier alpha value is -4.31. The minimum atomic E-state index is -0.637. The highest BCUT2D eigenvalue weighted by molar-refractivity contribution is 5.98. The second kappa shape index (κ2) is 8.44. The largest absolute Gasteiger partial charge is 0.461 e. The van der Waals surface area contributed by atoms with Gasteiger partial charge in [-0.05, 0) is 61.1 Å². The van der Waals surface area contributed by atoms with Gasteiger partial charge in [-0.15, -0.1) is 0 Å². The first-order valence-electron chi connectivity index (χ1n) is 9.83. The minimum absolute atomic E-state index is 0.00857. The van der Waals surface area contributed by atoms with Crippen molar-refractivity contribution in [1.29, 1.82) is 10.5 Å². The molecular weight excluding hydrogens is 408 g/mol. The predicted molar refractivity (Wildman–Crippen MR) is 120 cm³/mol. The lowest BCUT2D eigenvalue weighted by Crippen LogP contribution is -2.33. The van der Waals surface area contributed by atoms with E-state index in [1.54, 1.807) is 0 Å². The summed E-state index contributed by atoms with van der Waals surface area (Å²) in [7, 11) is 0. The van der Waals surface area contributed by atoms with Crippen LogP contribution in [0.25, 0.3) is 0 Å². The van der Waals surface area contributed by atoms with E-state index in [2.05, 4.69) is 20.6 Å². The van der Waals surface area contributed by atoms with Gasteiger partial charge in [0.15, 0.2) is 6.19 Å². The number of aliphatic imine (C=N–C) groups is 1. The average molecular weight is 432 g/mol. The highest BCUT2D eigenvalue weighted by atomic mass is 16.5. The highest BCUT2D eigenvalue weighted by Crippen LogP contribution is 2.44. The SMILES string of the molecule is CC(=O)OCc1c(C)c(C)c(C2N=C(NC#N)Nc3nc(N)c(C#N)c(N)c32)c(C)c1C. The number of nitriles is 2. The molecule has 0 aliphatic carbocycles. The molecule has 10 heteroatoms. The Morgan fingerprint density at radius 2 is 1.75 bits per heavy atom. The molecule has 1 unspecified atom stereocenters. The number of nitrogens with zero attached hydrogens (tertiary/aromatic N) is 4. The van der Waals surface area contributed by atoms with Crippen LogP contribution in [0.15, 0.2) is 4.99 Å². The van der Waals surface area contributed by atoms with E-state index in [-0.39, 0.29) is 35.6 Å². The quantitative estimate of drug-likeness (QED) is 0.322. The zero-order valence-corrected chi connectivity index (χ0v) is 18.5. The first kappa shape index (κ1) is 22.4. The van der Waals surface area contributed by atoms with Crippen LogP contribution in [0, 0.1) is 50.5 Å². The van der Waals surface area contributed by atoms with E-state index in [4.69, 9.17) is 21.5 Å². The number of hydrogen-bond acceptors (Lipinski definition) is 10. The van der Waals surface area contributed by atoms with Crippen LogP contribution in [0.3, 0.4) is 0 Å². The average Bonchev–Trinajstić information content (AvgIpc) is 2.72. The van der Waals surface area contributed by atoms with Crippen LogP contribution in [0.5, 0.6) is 0 Å². The summed E-state index contributed by atoms with van der Waals surface area (Å²) in [6.07, 6.45) is 1.85. The standard InChI is InChI=1S/C22H24N8O2/c1-9-11(3)16(12(4)10(2)15(9)7-32-13(5)31)19-17-18(25)14(6-23)20(26)29-21(17)30-22(28-19)27-8-24/h19H,7H2,1-5H3,(H6,25,26,27,28,29,30). The zero-order chi connectivity index (χ0) is 23.7. The molecule has 0 fully saturated rings. The van der Waals surface area contributed by atoms with Gasteiger partial charge in [0.2, 0.25) is 5.96 Å². The number of anilines is 3. The van der Waals surface area contributed by atoms with Crippen LogP contribution in [-0.4, -0.2) is 16.9 Å². The van der Waals surface area contributed by atoms with Crippen LogP contribution >= 0.6 is 0 Å². The number of fused-ring (bicyclic) bond motifs is 1. The van der Waals surface area contributed by atoms with E-state index in [0.717, 1.165) is 33.4 Å². The van der Waals surface area contributed by atoms with Crippen molar-refractivity contribution < 1.29 is 9.53 Å². The third-order valence-electron chi connectivity index (χ3n) is 5.89. The van der Waals surface area contributed by atoms with Crippen LogP contribution in [0.1, 0.15) is 57.5 Å². The molecule has 1 aromatic carbocycles. The van der Waals surface area contributed by atoms with Crippen molar-refractivity contribution in [3.05, 3.63) is 44.5 Å². The number of carbonyl (C=O) groups excluding carboxylic acids is 1. The molecule has 32 heavy (non-hydrogen) atoms. The molecule has 1 aliphatic rings. The molecule has 1 aromatic heterocycles. The highest BCUT2D eigenvalue weighted by Gasteiger charge is 2.32. The number of hydrogen-bond donors (Lipinski definition) is 4. The lowest BCUT2D eigenvalue weighted by atomic mass is 9.83. The molecule has 0 radical (unpaired) electrons. The second-order valence-corrected chi connectivity index (χ2v) is 7.57. The number of rotatable bonds is 3. The van der Waals surface area contributed by atoms with E-state index in [9.17, 15) is 10.1 Å². The molecule has 0 bridgehead atoms. The number of aromatic nitrogens is 1. The predicted octanol–water partition coefficient (Wildman–Crippen LogP) is 2.36. The molecule has 1 aliphatic heterocycles. The van der Waals surface area contributed by atoms with Crippen LogP contribution in [0.2, 0.25) is 0 Å². The lowest BCUT2D eigenvalue weighted by molar-refractivity contribution is -0.142. The number of nitrogen functional groups attached to an aromatic ring is 2. The molecule has 164 valence electrons. The maximum absolute atomic E-state index is 11.3. The number of pyridine rings is 1. The first-order valence-corrected chi connectivity index (χ1v) is 9.83. The zero-order valence-electron chi connectivity index (χ0n) is 18.5. The summed E-state index contributed by atoms with van der Waals surface area (Å²) in [5, 5.41) is 24.1. The van der Waals surface area contributed by atoms with E-state index in [1.807, 2.05) is 40.0 Å². The van der Waals surface area contributed by atoms with Crippen molar-refractivity contribution in [2.75, 3.05) is 16.8 Å². The summed E-state index contributed by atoms with van der Waals surface area (Å²) < 4.78 is 5.25. The third kappa shape index (κ3) is 3.63. The summed E-state index contributed by atoms with van der Waals surface area (Å²) >= 11 is 0. The van der Waals surface area contributed by atoms with Gasteiger partial charge in [0.05, 0.1) is 5.69 Å². The third-order valence-corrected chi connectivity index (χ3v) is 5.89. The summed E-state index contributed by atoms with van der Waals surface area (Å²) in [5.74, 6) is 0.160. The molecule has 0 amide bonds. The summed E-state index contributed by atoms with van der Waals surface area (Å²) in [6, 6.07) is 1.37. The van der Waals surface area contributed by atoms with Gasteiger partial charge < -0.3 is 21.5 Å². The molecule has 6 N–H and O–H groups in total. The second-order valence-electron chi connectivity index (χ2n) is 7.57. The molecule has 1 atom stereocenters. The van der Waals surface area contributed by atoms with Gasteiger partial charge in [-0.1, -0.05) is 0 Å². The number of nitrogens with one attached hydrogen (secondary N) is 2. The van der Waals surface area contributed by atoms with E-state index in [1.165, 1.54) is 6.92 Å². The molecule has 2 heterocycles. The summed E-state index contributed by atoms with van der Waals surface area (Å²) in [6.45, 7) is 9.35. The van der Waals surface area contributed by atoms with Crippen molar-refractivity contribution in [3.8, 4) is 12.3 Å². The Bertz CT molecular complexity index is 1220. The Labute approximate surface area is 185 Å². The molecule has 0 saturated heterocycles. The normalized spacial score (nSPS) is 14.3. The number of benzene rings is 1. The number of esters is 1. The lowest BCUT2D eigenvalue weighted by Gasteiger charge is -2.30. The van der Waals surface area contributed by atoms with Crippen LogP contribution in [-0.2, 0) is 16.1 Å². The molecule has 2 aromatic rings. The van der Waals surface area contributed by atoms with Crippen molar-refractivity contribution in [3.63, 3.8) is 0 Å². The van der Waals surface area contributed by atoms with E-state index >= 15 is 0 Å². The number of ether oxygens (including phenoxy) is 1. The van der Waals surface area contributed by atoms with Crippen molar-refractivity contribution in [1.82, 2.24) is 10.3 Å². The van der Waals surface area contributed by atoms with Gasteiger partial charge in [0.1, 0.15) is 35.9 Å². The van der Waals surface area contributed by atoms with Crippen LogP contribution in [0.4, 0.5) is 17.3 Å². The minimum Gasteiger partial charge on any atom is -0.461 e. The number of guanidine groups is 1. The molecular formula is C22H24N8O2. The van der Waals surface area contributed by atoms with E-state index < -0.39 is 6.04 Å². The maximum Gasteiger partial charge on any atom is 0.302 e. The van der Waals surface area contributed by atoms with Gasteiger partial charge in [-0.25, -0.2) is 9.98 Å². The maximum atomic E-state index is 11.3. The Morgan fingerprint density at radius 3 is 2.28 bits per heavy atom. The molecule has 0 spiro atoms. The number of carbonyl (C=O) groups is 1. The monoisotopic (exact) mass is 432 g/mol. The fraction of sp³-hybridized carbons (Fsp3) is 0.318. The van der Waals surface area contributed by atoms with Crippen molar-refractivity contribution >= 4 is 29.3 Å². The summed E-state index contributed by atoms with van der Waals surface area (Å²) in [4.78, 5) is 20.3. The van der Waals surface area contributed by atoms with Gasteiger partial charge in [-0.2, -0.15) is 10.5 Å². The Balaban J connectivity index is 2.31. The Kier molecular flexibility index (Phi) is 5.90. The van der Waals surface area contributed by atoms with E-state index in [0.29, 0.717) is 11.4 Å². The Morgan fingerprint density at radius 1 is 1.12 bits per heavy atom. The van der Waals surface area contributed by atoms with Gasteiger partial charge in [0.25, 0.3) is 0 Å². The smallest absolute Gasteiger partial charge is 0.302 e. The number of nitrogens with two attached hydrogens (primary N) is 2. The van der Waals surface area contributed by atoms with Crippen LogP contribution < -0.4 is 22.1 Å². The molecule has 3 rings (SSSR count). The first-order chi connectivity index (χ1) is 15.1. The molecule has 10 nitrogen and oxygen atoms in total. The summed E-state index contributed by atoms with van der Waals surface area (Å²) in [5.41, 5.74) is 18.6. The fourth-order valence-corrected chi connectivity index (χ4v) is 4.01. The van der Waals surface area contributed by atoms with Gasteiger partial charge >= 0.3 is 5.97 Å². The van der Waals surface area contributed by atoms with Gasteiger partial charge in [-0.3, -0.25) is 10.1 Å². The molecule has 0 saturated carbocycles.